The van der Waals surface area contributed by atoms with E-state index in [0.29, 0.717) is 0 Å². The summed E-state index contributed by atoms with van der Waals surface area (Å²) >= 11 is 0. The molecular weight excluding hydrogens is 248 g/mol. The van der Waals surface area contributed by atoms with Crippen molar-refractivity contribution in [1.29, 1.82) is 0 Å². The minimum atomic E-state index is 0.215. The highest BCUT2D eigenvalue weighted by molar-refractivity contribution is 5.55. The fraction of sp³-hybridized carbons (Fsp3) is 0.412. The summed E-state index contributed by atoms with van der Waals surface area (Å²) in [6.45, 7) is 5.02. The maximum absolute atomic E-state index is 6.12. The van der Waals surface area contributed by atoms with Crippen LogP contribution in [-0.2, 0) is 13.0 Å². The molecule has 0 saturated heterocycles. The zero-order chi connectivity index (χ0) is 14.5. The van der Waals surface area contributed by atoms with Crippen LogP contribution in [0.5, 0.6) is 0 Å². The van der Waals surface area contributed by atoms with Gasteiger partial charge >= 0.3 is 0 Å². The molecule has 108 valence electrons. The van der Waals surface area contributed by atoms with Crippen LogP contribution in [0, 0.1) is 6.92 Å². The van der Waals surface area contributed by atoms with E-state index in [-0.39, 0.29) is 6.04 Å². The molecule has 0 aliphatic heterocycles. The van der Waals surface area contributed by atoms with Gasteiger partial charge in [-0.25, -0.2) is 0 Å². The fourth-order valence-electron chi connectivity index (χ4n) is 2.40. The Morgan fingerprint density at radius 2 is 2.10 bits per heavy atom. The molecule has 1 heterocycles. The van der Waals surface area contributed by atoms with Crippen molar-refractivity contribution in [2.75, 3.05) is 11.9 Å². The molecule has 0 aliphatic carbocycles. The van der Waals surface area contributed by atoms with Crippen LogP contribution >= 0.6 is 0 Å². The fourth-order valence-corrected chi connectivity index (χ4v) is 2.40. The summed E-state index contributed by atoms with van der Waals surface area (Å²) in [7, 11) is 2.09. The molecule has 0 radical (unpaired) electrons. The minimum absolute atomic E-state index is 0.215. The molecule has 3 heteroatoms. The summed E-state index contributed by atoms with van der Waals surface area (Å²) < 4.78 is 5.43. The van der Waals surface area contributed by atoms with E-state index >= 15 is 0 Å². The van der Waals surface area contributed by atoms with Gasteiger partial charge in [0.25, 0.3) is 0 Å². The molecule has 0 saturated carbocycles. The van der Waals surface area contributed by atoms with Gasteiger partial charge in [-0.15, -0.1) is 0 Å². The molecule has 0 amide bonds. The van der Waals surface area contributed by atoms with Gasteiger partial charge in [0.05, 0.1) is 12.8 Å². The predicted octanol–water partition coefficient (Wildman–Crippen LogP) is 3.50. The van der Waals surface area contributed by atoms with Crippen LogP contribution in [0.2, 0.25) is 0 Å². The average Bonchev–Trinajstić information content (AvgIpc) is 2.91. The number of rotatable bonds is 6. The zero-order valence-electron chi connectivity index (χ0n) is 12.6. The molecule has 3 nitrogen and oxygen atoms in total. The summed E-state index contributed by atoms with van der Waals surface area (Å²) in [5.41, 5.74) is 9.95. The normalized spacial score (nSPS) is 12.4. The SMILES string of the molecule is CCC(N)Cc1cc(C)ccc1N(C)Cc1ccco1. The Morgan fingerprint density at radius 1 is 1.30 bits per heavy atom. The van der Waals surface area contributed by atoms with Crippen LogP contribution in [0.1, 0.15) is 30.2 Å². The van der Waals surface area contributed by atoms with Crippen molar-refractivity contribution in [3.63, 3.8) is 0 Å². The molecule has 0 fully saturated rings. The standard InChI is InChI=1S/C17H24N2O/c1-4-15(18)11-14-10-13(2)7-8-17(14)19(3)12-16-6-5-9-20-16/h5-10,15H,4,11-12,18H2,1-3H3. The third-order valence-electron chi connectivity index (χ3n) is 3.63. The van der Waals surface area contributed by atoms with E-state index in [1.165, 1.54) is 16.8 Å². The lowest BCUT2D eigenvalue weighted by Gasteiger charge is -2.23. The Morgan fingerprint density at radius 3 is 2.75 bits per heavy atom. The second kappa shape index (κ2) is 6.62. The second-order valence-corrected chi connectivity index (χ2v) is 5.44. The highest BCUT2D eigenvalue weighted by Gasteiger charge is 2.12. The summed E-state index contributed by atoms with van der Waals surface area (Å²) in [6, 6.07) is 10.7. The molecule has 0 aliphatic rings. The van der Waals surface area contributed by atoms with E-state index < -0.39 is 0 Å². The van der Waals surface area contributed by atoms with Gasteiger partial charge in [0, 0.05) is 18.8 Å². The van der Waals surface area contributed by atoms with Gasteiger partial charge in [-0.3, -0.25) is 0 Å². The molecule has 1 aromatic carbocycles. The molecular formula is C17H24N2O. The number of furan rings is 1. The second-order valence-electron chi connectivity index (χ2n) is 5.44. The number of hydrogen-bond donors (Lipinski definition) is 1. The first-order chi connectivity index (χ1) is 9.60. The minimum Gasteiger partial charge on any atom is -0.467 e. The zero-order valence-corrected chi connectivity index (χ0v) is 12.6. The first-order valence-electron chi connectivity index (χ1n) is 7.18. The Balaban J connectivity index is 2.20. The van der Waals surface area contributed by atoms with Crippen LogP contribution in [0.15, 0.2) is 41.0 Å². The first kappa shape index (κ1) is 14.7. The molecule has 2 aromatic rings. The van der Waals surface area contributed by atoms with Crippen molar-refractivity contribution in [1.82, 2.24) is 0 Å². The summed E-state index contributed by atoms with van der Waals surface area (Å²) in [5, 5.41) is 0. The van der Waals surface area contributed by atoms with Gasteiger partial charge in [0.1, 0.15) is 5.76 Å². The van der Waals surface area contributed by atoms with Crippen molar-refractivity contribution in [2.45, 2.75) is 39.3 Å². The van der Waals surface area contributed by atoms with Gasteiger partial charge in [-0.1, -0.05) is 24.6 Å². The van der Waals surface area contributed by atoms with E-state index in [0.717, 1.165) is 25.1 Å². The molecule has 1 unspecified atom stereocenters. The summed E-state index contributed by atoms with van der Waals surface area (Å²) in [6.07, 6.45) is 3.62. The quantitative estimate of drug-likeness (QED) is 0.875. The number of anilines is 1. The lowest BCUT2D eigenvalue weighted by atomic mass is 10.00. The van der Waals surface area contributed by atoms with Gasteiger partial charge in [-0.2, -0.15) is 0 Å². The van der Waals surface area contributed by atoms with Crippen LogP contribution in [0.4, 0.5) is 5.69 Å². The maximum Gasteiger partial charge on any atom is 0.123 e. The van der Waals surface area contributed by atoms with Crippen molar-refractivity contribution >= 4 is 5.69 Å². The third-order valence-corrected chi connectivity index (χ3v) is 3.63. The molecule has 1 aromatic heterocycles. The molecule has 2 N–H and O–H groups in total. The van der Waals surface area contributed by atoms with Crippen LogP contribution < -0.4 is 10.6 Å². The summed E-state index contributed by atoms with van der Waals surface area (Å²) in [4.78, 5) is 2.22. The Kier molecular flexibility index (Phi) is 4.85. The average molecular weight is 272 g/mol. The van der Waals surface area contributed by atoms with E-state index in [1.807, 2.05) is 12.1 Å². The Bertz CT molecular complexity index is 534. The van der Waals surface area contributed by atoms with Crippen molar-refractivity contribution in [3.05, 3.63) is 53.5 Å². The van der Waals surface area contributed by atoms with E-state index in [9.17, 15) is 0 Å². The lowest BCUT2D eigenvalue weighted by molar-refractivity contribution is 0.507. The van der Waals surface area contributed by atoms with Gasteiger partial charge < -0.3 is 15.1 Å². The smallest absolute Gasteiger partial charge is 0.123 e. The third kappa shape index (κ3) is 3.64. The Hall–Kier alpha value is -1.74. The van der Waals surface area contributed by atoms with E-state index in [4.69, 9.17) is 10.2 Å². The van der Waals surface area contributed by atoms with Gasteiger partial charge in [0.2, 0.25) is 0 Å². The topological polar surface area (TPSA) is 42.4 Å². The highest BCUT2D eigenvalue weighted by Crippen LogP contribution is 2.24. The van der Waals surface area contributed by atoms with Crippen molar-refractivity contribution in [2.24, 2.45) is 5.73 Å². The van der Waals surface area contributed by atoms with Crippen LogP contribution in [0.3, 0.4) is 0 Å². The number of hydrogen-bond acceptors (Lipinski definition) is 3. The van der Waals surface area contributed by atoms with E-state index in [2.05, 4.69) is 44.0 Å². The lowest BCUT2D eigenvalue weighted by Crippen LogP contribution is -2.24. The van der Waals surface area contributed by atoms with Crippen molar-refractivity contribution < 1.29 is 4.42 Å². The number of aryl methyl sites for hydroxylation is 1. The molecule has 1 atom stereocenters. The van der Waals surface area contributed by atoms with Gasteiger partial charge in [-0.05, 0) is 43.5 Å². The first-order valence-corrected chi connectivity index (χ1v) is 7.18. The number of nitrogens with two attached hydrogens (primary N) is 1. The molecule has 0 bridgehead atoms. The molecule has 0 spiro atoms. The Labute approximate surface area is 121 Å². The molecule has 2 rings (SSSR count). The van der Waals surface area contributed by atoms with Gasteiger partial charge in [0.15, 0.2) is 0 Å². The largest absolute Gasteiger partial charge is 0.467 e. The summed E-state index contributed by atoms with van der Waals surface area (Å²) in [5.74, 6) is 0.971. The monoisotopic (exact) mass is 272 g/mol. The number of benzene rings is 1. The van der Waals surface area contributed by atoms with Crippen LogP contribution in [0.25, 0.3) is 0 Å². The predicted molar refractivity (Wildman–Crippen MR) is 84.0 cm³/mol. The highest BCUT2D eigenvalue weighted by atomic mass is 16.3. The molecule has 20 heavy (non-hydrogen) atoms. The van der Waals surface area contributed by atoms with Crippen molar-refractivity contribution in [3.8, 4) is 0 Å². The van der Waals surface area contributed by atoms with E-state index in [1.54, 1.807) is 6.26 Å². The van der Waals surface area contributed by atoms with Crippen LogP contribution in [-0.4, -0.2) is 13.1 Å². The maximum atomic E-state index is 6.12. The number of nitrogens with zero attached hydrogens (tertiary/aromatic N) is 1.